The van der Waals surface area contributed by atoms with Crippen LogP contribution in [0.4, 0.5) is 0 Å². The average molecular weight is 272 g/mol. The Morgan fingerprint density at radius 3 is 2.75 bits per heavy atom. The molecule has 2 amide bonds. The minimum absolute atomic E-state index is 0.0360. The van der Waals surface area contributed by atoms with Crippen LogP contribution in [-0.4, -0.2) is 41.5 Å². The Hall–Kier alpha value is -1.88. The Morgan fingerprint density at radius 1 is 1.25 bits per heavy atom. The molecule has 1 N–H and O–H groups in total. The number of carbonyl (C=O) groups excluding carboxylic acids is 2. The van der Waals surface area contributed by atoms with Crippen LogP contribution in [0.5, 0.6) is 0 Å². The van der Waals surface area contributed by atoms with E-state index < -0.39 is 0 Å². The van der Waals surface area contributed by atoms with E-state index >= 15 is 0 Å². The van der Waals surface area contributed by atoms with Crippen molar-refractivity contribution in [3.63, 3.8) is 0 Å². The monoisotopic (exact) mass is 272 g/mol. The predicted octanol–water partition coefficient (Wildman–Crippen LogP) is 0.690. The van der Waals surface area contributed by atoms with Crippen LogP contribution in [0.3, 0.4) is 0 Å². The molecule has 1 spiro atoms. The second kappa shape index (κ2) is 4.06. The molecule has 5 heteroatoms. The summed E-state index contributed by atoms with van der Waals surface area (Å²) < 4.78 is 5.31. The second-order valence-electron chi connectivity index (χ2n) is 5.84. The molecule has 0 aromatic heterocycles. The molecule has 5 nitrogen and oxygen atoms in total. The average Bonchev–Trinajstić information content (AvgIpc) is 2.75. The zero-order chi connectivity index (χ0) is 13.7. The van der Waals surface area contributed by atoms with E-state index in [1.54, 1.807) is 0 Å². The van der Waals surface area contributed by atoms with Crippen molar-refractivity contribution < 1.29 is 14.3 Å². The molecule has 3 aliphatic heterocycles. The normalized spacial score (nSPS) is 27.2. The van der Waals surface area contributed by atoms with Gasteiger partial charge >= 0.3 is 0 Å². The molecule has 1 unspecified atom stereocenters. The second-order valence-corrected chi connectivity index (χ2v) is 5.84. The van der Waals surface area contributed by atoms with Crippen molar-refractivity contribution in [2.45, 2.75) is 31.0 Å². The molecule has 1 aromatic carbocycles. The fraction of sp³-hybridized carbons (Fsp3) is 0.467. The van der Waals surface area contributed by atoms with Gasteiger partial charge in [0.2, 0.25) is 5.91 Å². The highest BCUT2D eigenvalue weighted by Crippen LogP contribution is 2.36. The molecule has 2 fully saturated rings. The van der Waals surface area contributed by atoms with E-state index in [4.69, 9.17) is 4.74 Å². The fourth-order valence-electron chi connectivity index (χ4n) is 3.54. The predicted molar refractivity (Wildman–Crippen MR) is 71.0 cm³/mol. The maximum Gasteiger partial charge on any atom is 0.254 e. The number of ether oxygens (including phenoxy) is 1. The Balaban J connectivity index is 1.65. The summed E-state index contributed by atoms with van der Waals surface area (Å²) in [5.74, 6) is 0.140. The van der Waals surface area contributed by atoms with Gasteiger partial charge in [-0.2, -0.15) is 0 Å². The first-order valence-electron chi connectivity index (χ1n) is 6.97. The highest BCUT2D eigenvalue weighted by molar-refractivity contribution is 5.98. The van der Waals surface area contributed by atoms with Gasteiger partial charge < -0.3 is 15.0 Å². The fourth-order valence-corrected chi connectivity index (χ4v) is 3.54. The number of rotatable bonds is 1. The van der Waals surface area contributed by atoms with E-state index in [0.717, 1.165) is 17.5 Å². The lowest BCUT2D eigenvalue weighted by Crippen LogP contribution is -2.74. The summed E-state index contributed by atoms with van der Waals surface area (Å²) in [7, 11) is 0. The van der Waals surface area contributed by atoms with Crippen molar-refractivity contribution in [2.24, 2.45) is 0 Å². The third-order valence-corrected chi connectivity index (χ3v) is 4.62. The minimum Gasteiger partial charge on any atom is -0.376 e. The van der Waals surface area contributed by atoms with Gasteiger partial charge in [0, 0.05) is 18.5 Å². The summed E-state index contributed by atoms with van der Waals surface area (Å²) >= 11 is 0. The molecule has 20 heavy (non-hydrogen) atoms. The lowest BCUT2D eigenvalue weighted by molar-refractivity contribution is -0.150. The third-order valence-electron chi connectivity index (χ3n) is 4.62. The molecule has 104 valence electrons. The number of carbonyl (C=O) groups is 2. The van der Waals surface area contributed by atoms with E-state index in [1.807, 2.05) is 29.2 Å². The molecule has 0 aliphatic carbocycles. The molecular weight excluding hydrogens is 256 g/mol. The first-order valence-corrected chi connectivity index (χ1v) is 6.97. The summed E-state index contributed by atoms with van der Waals surface area (Å²) in [6.07, 6.45) is 1.20. The van der Waals surface area contributed by atoms with Crippen molar-refractivity contribution in [3.05, 3.63) is 35.4 Å². The van der Waals surface area contributed by atoms with Crippen molar-refractivity contribution in [2.75, 3.05) is 13.2 Å². The SMILES string of the molecule is O=C1CCC(N2Cc3ccccc3C2=O)C2(COC2)N1. The van der Waals surface area contributed by atoms with Gasteiger partial charge in [0.25, 0.3) is 5.91 Å². The van der Waals surface area contributed by atoms with Gasteiger partial charge in [-0.05, 0) is 18.1 Å². The maximum atomic E-state index is 12.6. The molecule has 4 rings (SSSR count). The first kappa shape index (κ1) is 11.9. The number of nitrogens with one attached hydrogen (secondary N) is 1. The van der Waals surface area contributed by atoms with Gasteiger partial charge in [0.15, 0.2) is 0 Å². The Kier molecular flexibility index (Phi) is 2.41. The van der Waals surface area contributed by atoms with E-state index in [2.05, 4.69) is 5.32 Å². The number of piperidine rings is 1. The van der Waals surface area contributed by atoms with Crippen molar-refractivity contribution in [3.8, 4) is 0 Å². The van der Waals surface area contributed by atoms with E-state index in [0.29, 0.717) is 26.2 Å². The summed E-state index contributed by atoms with van der Waals surface area (Å²) in [5, 5.41) is 3.05. The molecular formula is C15H16N2O3. The zero-order valence-electron chi connectivity index (χ0n) is 11.1. The molecule has 1 aromatic rings. The summed E-state index contributed by atoms with van der Waals surface area (Å²) in [5.41, 5.74) is 1.50. The number of hydrogen-bond donors (Lipinski definition) is 1. The molecule has 2 saturated heterocycles. The Labute approximate surface area is 116 Å². The molecule has 1 atom stereocenters. The quantitative estimate of drug-likeness (QED) is 0.818. The highest BCUT2D eigenvalue weighted by atomic mass is 16.5. The molecule has 0 saturated carbocycles. The summed E-state index contributed by atoms with van der Waals surface area (Å²) in [4.78, 5) is 26.1. The van der Waals surface area contributed by atoms with Crippen LogP contribution in [-0.2, 0) is 16.1 Å². The minimum atomic E-state index is -0.368. The van der Waals surface area contributed by atoms with Gasteiger partial charge in [-0.25, -0.2) is 0 Å². The number of hydrogen-bond acceptors (Lipinski definition) is 3. The van der Waals surface area contributed by atoms with Crippen molar-refractivity contribution in [1.29, 1.82) is 0 Å². The van der Waals surface area contributed by atoms with Gasteiger partial charge in [-0.1, -0.05) is 18.2 Å². The third kappa shape index (κ3) is 1.53. The molecule has 3 aliphatic rings. The van der Waals surface area contributed by atoms with E-state index in [1.165, 1.54) is 0 Å². The van der Waals surface area contributed by atoms with E-state index in [9.17, 15) is 9.59 Å². The number of amides is 2. The van der Waals surface area contributed by atoms with Crippen LogP contribution in [0, 0.1) is 0 Å². The summed E-state index contributed by atoms with van der Waals surface area (Å²) in [6.45, 7) is 1.64. The van der Waals surface area contributed by atoms with Gasteiger partial charge in [0.1, 0.15) is 5.54 Å². The Bertz CT molecular complexity index is 595. The van der Waals surface area contributed by atoms with Crippen LogP contribution < -0.4 is 5.32 Å². The smallest absolute Gasteiger partial charge is 0.254 e. The van der Waals surface area contributed by atoms with E-state index in [-0.39, 0.29) is 23.4 Å². The standard InChI is InChI=1S/C15H16N2O3/c18-13-6-5-12(15(16-13)8-20-9-15)17-7-10-3-1-2-4-11(10)14(17)19/h1-4,12H,5-9H2,(H,16,18). The molecule has 0 bridgehead atoms. The zero-order valence-corrected chi connectivity index (χ0v) is 11.1. The van der Waals surface area contributed by atoms with Crippen LogP contribution in [0.25, 0.3) is 0 Å². The molecule has 3 heterocycles. The summed E-state index contributed by atoms with van der Waals surface area (Å²) in [6, 6.07) is 7.77. The van der Waals surface area contributed by atoms with Gasteiger partial charge in [0.05, 0.1) is 19.3 Å². The topological polar surface area (TPSA) is 58.6 Å². The van der Waals surface area contributed by atoms with Crippen LogP contribution in [0.15, 0.2) is 24.3 Å². The lowest BCUT2D eigenvalue weighted by atomic mass is 9.80. The van der Waals surface area contributed by atoms with Crippen LogP contribution in [0.1, 0.15) is 28.8 Å². The number of benzene rings is 1. The number of nitrogens with zero attached hydrogens (tertiary/aromatic N) is 1. The van der Waals surface area contributed by atoms with Crippen LogP contribution in [0.2, 0.25) is 0 Å². The van der Waals surface area contributed by atoms with Crippen molar-refractivity contribution in [1.82, 2.24) is 10.2 Å². The van der Waals surface area contributed by atoms with Crippen molar-refractivity contribution >= 4 is 11.8 Å². The van der Waals surface area contributed by atoms with Gasteiger partial charge in [-0.15, -0.1) is 0 Å². The largest absolute Gasteiger partial charge is 0.376 e. The Morgan fingerprint density at radius 2 is 2.05 bits per heavy atom. The highest BCUT2D eigenvalue weighted by Gasteiger charge is 2.53. The molecule has 0 radical (unpaired) electrons. The van der Waals surface area contributed by atoms with Gasteiger partial charge in [-0.3, -0.25) is 9.59 Å². The lowest BCUT2D eigenvalue weighted by Gasteiger charge is -2.52. The first-order chi connectivity index (χ1) is 9.70. The maximum absolute atomic E-state index is 12.6. The van der Waals surface area contributed by atoms with Crippen LogP contribution >= 0.6 is 0 Å². The number of fused-ring (bicyclic) bond motifs is 1.